The average Bonchev–Trinajstić information content (AvgIpc) is 2.72. The van der Waals surface area contributed by atoms with Gasteiger partial charge in [0, 0.05) is 23.8 Å². The maximum Gasteiger partial charge on any atom is 0.407 e. The summed E-state index contributed by atoms with van der Waals surface area (Å²) in [7, 11) is -3.86. The lowest BCUT2D eigenvalue weighted by atomic mass is 10.2. The normalized spacial score (nSPS) is 12.5. The molecule has 9 nitrogen and oxygen atoms in total. The third-order valence-corrected chi connectivity index (χ3v) is 5.70. The highest BCUT2D eigenvalue weighted by atomic mass is 35.5. The molecule has 0 radical (unpaired) electrons. The molecule has 0 aliphatic heterocycles. The van der Waals surface area contributed by atoms with Crippen LogP contribution in [0.3, 0.4) is 0 Å². The number of carbonyl (C=O) groups excluding carboxylic acids is 2. The van der Waals surface area contributed by atoms with Crippen LogP contribution in [0.15, 0.2) is 53.4 Å². The molecule has 33 heavy (non-hydrogen) atoms. The number of carbonyl (C=O) groups is 2. The molecular weight excluding hydrogens is 470 g/mol. The Hall–Kier alpha value is -2.82. The Balaban J connectivity index is 1.90. The lowest BCUT2D eigenvalue weighted by Crippen LogP contribution is -2.37. The van der Waals surface area contributed by atoms with Crippen molar-refractivity contribution in [1.82, 2.24) is 10.0 Å². The van der Waals surface area contributed by atoms with Crippen LogP contribution in [0.4, 0.5) is 10.5 Å². The Morgan fingerprint density at radius 3 is 2.36 bits per heavy atom. The van der Waals surface area contributed by atoms with Crippen molar-refractivity contribution in [3.63, 3.8) is 0 Å². The van der Waals surface area contributed by atoms with Crippen LogP contribution in [-0.4, -0.2) is 45.2 Å². The van der Waals surface area contributed by atoms with Gasteiger partial charge in [0.05, 0.1) is 4.90 Å². The van der Waals surface area contributed by atoms with E-state index in [4.69, 9.17) is 21.1 Å². The van der Waals surface area contributed by atoms with E-state index in [1.165, 1.54) is 18.2 Å². The number of hydrogen-bond donors (Lipinski definition) is 3. The molecule has 0 aliphatic carbocycles. The van der Waals surface area contributed by atoms with Crippen LogP contribution in [0.5, 0.6) is 5.75 Å². The van der Waals surface area contributed by atoms with E-state index in [0.717, 1.165) is 0 Å². The van der Waals surface area contributed by atoms with Crippen LogP contribution in [0.1, 0.15) is 27.7 Å². The smallest absolute Gasteiger partial charge is 0.407 e. The molecule has 0 bridgehead atoms. The largest absolute Gasteiger partial charge is 0.481 e. The molecule has 2 aromatic rings. The topological polar surface area (TPSA) is 123 Å². The lowest BCUT2D eigenvalue weighted by Gasteiger charge is -2.19. The average molecular weight is 498 g/mol. The summed E-state index contributed by atoms with van der Waals surface area (Å²) in [6.45, 7) is 6.76. The van der Waals surface area contributed by atoms with Crippen molar-refractivity contribution in [2.75, 3.05) is 18.4 Å². The number of alkyl carbamates (subject to hydrolysis) is 1. The van der Waals surface area contributed by atoms with Gasteiger partial charge in [0.2, 0.25) is 10.0 Å². The number of sulfonamides is 1. The van der Waals surface area contributed by atoms with Gasteiger partial charge in [0.1, 0.15) is 11.4 Å². The zero-order valence-electron chi connectivity index (χ0n) is 18.8. The first-order valence-corrected chi connectivity index (χ1v) is 12.0. The van der Waals surface area contributed by atoms with Crippen molar-refractivity contribution >= 4 is 39.3 Å². The fraction of sp³-hybridized carbons (Fsp3) is 0.364. The van der Waals surface area contributed by atoms with Crippen LogP contribution in [0, 0.1) is 0 Å². The Morgan fingerprint density at radius 2 is 1.73 bits per heavy atom. The minimum atomic E-state index is -3.86. The van der Waals surface area contributed by atoms with Crippen molar-refractivity contribution in [2.24, 2.45) is 0 Å². The summed E-state index contributed by atoms with van der Waals surface area (Å²) in [5, 5.41) is 5.65. The maximum atomic E-state index is 12.5. The van der Waals surface area contributed by atoms with E-state index in [9.17, 15) is 18.0 Å². The van der Waals surface area contributed by atoms with Crippen molar-refractivity contribution in [2.45, 2.75) is 44.3 Å². The Morgan fingerprint density at radius 1 is 1.06 bits per heavy atom. The van der Waals surface area contributed by atoms with Crippen molar-refractivity contribution in [3.05, 3.63) is 53.6 Å². The van der Waals surface area contributed by atoms with Gasteiger partial charge in [-0.2, -0.15) is 0 Å². The molecule has 0 heterocycles. The van der Waals surface area contributed by atoms with Crippen molar-refractivity contribution < 1.29 is 27.5 Å². The van der Waals surface area contributed by atoms with E-state index in [1.807, 2.05) is 0 Å². The van der Waals surface area contributed by atoms with E-state index in [-0.39, 0.29) is 18.0 Å². The van der Waals surface area contributed by atoms with Gasteiger partial charge in [0.15, 0.2) is 6.10 Å². The van der Waals surface area contributed by atoms with E-state index in [0.29, 0.717) is 16.5 Å². The molecule has 0 fully saturated rings. The highest BCUT2D eigenvalue weighted by Crippen LogP contribution is 2.19. The van der Waals surface area contributed by atoms with Gasteiger partial charge in [-0.05, 0) is 70.2 Å². The zero-order chi connectivity index (χ0) is 24.6. The first kappa shape index (κ1) is 26.4. The quantitative estimate of drug-likeness (QED) is 0.455. The van der Waals surface area contributed by atoms with Gasteiger partial charge in [-0.15, -0.1) is 0 Å². The summed E-state index contributed by atoms with van der Waals surface area (Å²) in [6, 6.07) is 12.4. The standard InChI is InChI=1S/C22H28ClN3O6S/c1-15(31-18-10-8-16(23)9-11-18)20(27)26-17-6-5-7-19(14-17)33(29,30)25-13-12-24-21(28)32-22(2,3)4/h5-11,14-15,25H,12-13H2,1-4H3,(H,24,28)(H,26,27). The molecule has 0 spiro atoms. The first-order valence-electron chi connectivity index (χ1n) is 10.2. The summed E-state index contributed by atoms with van der Waals surface area (Å²) in [5.74, 6) is 0.0246. The highest BCUT2D eigenvalue weighted by Gasteiger charge is 2.19. The fourth-order valence-corrected chi connectivity index (χ4v) is 3.71. The highest BCUT2D eigenvalue weighted by molar-refractivity contribution is 7.89. The van der Waals surface area contributed by atoms with Crippen LogP contribution < -0.4 is 20.1 Å². The molecule has 1 atom stereocenters. The second kappa shape index (κ2) is 11.4. The molecule has 180 valence electrons. The summed E-state index contributed by atoms with van der Waals surface area (Å²) in [5.41, 5.74) is -0.354. The summed E-state index contributed by atoms with van der Waals surface area (Å²) >= 11 is 5.83. The third-order valence-electron chi connectivity index (χ3n) is 3.99. The van der Waals surface area contributed by atoms with Gasteiger partial charge in [-0.1, -0.05) is 17.7 Å². The minimum Gasteiger partial charge on any atom is -0.481 e. The summed E-state index contributed by atoms with van der Waals surface area (Å²) in [4.78, 5) is 24.0. The Kier molecular flexibility index (Phi) is 9.09. The molecule has 0 aromatic heterocycles. The zero-order valence-corrected chi connectivity index (χ0v) is 20.4. The van der Waals surface area contributed by atoms with Crippen molar-refractivity contribution in [3.8, 4) is 5.75 Å². The Bertz CT molecular complexity index is 1070. The van der Waals surface area contributed by atoms with Crippen LogP contribution in [0.25, 0.3) is 0 Å². The second-order valence-electron chi connectivity index (χ2n) is 8.06. The molecule has 2 rings (SSSR count). The molecular formula is C22H28ClN3O6S. The Labute approximate surface area is 198 Å². The number of hydrogen-bond acceptors (Lipinski definition) is 6. The van der Waals surface area contributed by atoms with Crippen LogP contribution in [0.2, 0.25) is 5.02 Å². The van der Waals surface area contributed by atoms with Crippen LogP contribution in [-0.2, 0) is 19.6 Å². The number of benzene rings is 2. The van der Waals surface area contributed by atoms with Gasteiger partial charge < -0.3 is 20.1 Å². The molecule has 2 aromatic carbocycles. The SMILES string of the molecule is CC(Oc1ccc(Cl)cc1)C(=O)Nc1cccc(S(=O)(=O)NCCNC(=O)OC(C)(C)C)c1. The fourth-order valence-electron chi connectivity index (χ4n) is 2.50. The van der Waals surface area contributed by atoms with Crippen molar-refractivity contribution in [1.29, 1.82) is 0 Å². The number of halogens is 1. The number of amides is 2. The predicted molar refractivity (Wildman–Crippen MR) is 126 cm³/mol. The second-order valence-corrected chi connectivity index (χ2v) is 10.3. The van der Waals surface area contributed by atoms with E-state index < -0.39 is 33.7 Å². The van der Waals surface area contributed by atoms with Gasteiger partial charge in [-0.25, -0.2) is 17.9 Å². The first-order chi connectivity index (χ1) is 15.4. The van der Waals surface area contributed by atoms with E-state index in [1.54, 1.807) is 58.0 Å². The molecule has 0 aliphatic rings. The molecule has 1 unspecified atom stereocenters. The summed E-state index contributed by atoms with van der Waals surface area (Å²) in [6.07, 6.45) is -1.47. The molecule has 0 saturated carbocycles. The lowest BCUT2D eigenvalue weighted by molar-refractivity contribution is -0.122. The van der Waals surface area contributed by atoms with Gasteiger partial charge in [-0.3, -0.25) is 4.79 Å². The molecule has 2 amide bonds. The number of ether oxygens (including phenoxy) is 2. The third kappa shape index (κ3) is 9.29. The molecule has 3 N–H and O–H groups in total. The monoisotopic (exact) mass is 497 g/mol. The molecule has 0 saturated heterocycles. The maximum absolute atomic E-state index is 12.5. The van der Waals surface area contributed by atoms with Crippen LogP contribution >= 0.6 is 11.6 Å². The number of nitrogens with one attached hydrogen (secondary N) is 3. The van der Waals surface area contributed by atoms with Gasteiger partial charge in [0.25, 0.3) is 5.91 Å². The predicted octanol–water partition coefficient (Wildman–Crippen LogP) is 3.55. The molecule has 11 heteroatoms. The number of anilines is 1. The minimum absolute atomic E-state index is 0.0376. The number of rotatable bonds is 9. The van der Waals surface area contributed by atoms with E-state index >= 15 is 0 Å². The summed E-state index contributed by atoms with van der Waals surface area (Å²) < 4.78 is 38.1. The van der Waals surface area contributed by atoms with Gasteiger partial charge >= 0.3 is 6.09 Å². The van der Waals surface area contributed by atoms with E-state index in [2.05, 4.69) is 15.4 Å².